The number of hydrogen-bond donors (Lipinski definition) is 0. The zero-order valence-electron chi connectivity index (χ0n) is 6.70. The van der Waals surface area contributed by atoms with Crippen molar-refractivity contribution < 1.29 is 21.7 Å². The van der Waals surface area contributed by atoms with Crippen LogP contribution in [-0.4, -0.2) is 10.2 Å². The quantitative estimate of drug-likeness (QED) is 0.420. The molecule has 0 saturated heterocycles. The summed E-state index contributed by atoms with van der Waals surface area (Å²) in [6.45, 7) is 11.1. The molecule has 0 spiro atoms. The fourth-order valence-corrected chi connectivity index (χ4v) is 0. The van der Waals surface area contributed by atoms with Gasteiger partial charge in [0, 0.05) is 32.0 Å². The van der Waals surface area contributed by atoms with Gasteiger partial charge in [0.15, 0.2) is 0 Å². The third-order valence-electron chi connectivity index (χ3n) is 0.348. The normalized spacial score (nSPS) is 6.00. The summed E-state index contributed by atoms with van der Waals surface area (Å²) in [6, 6.07) is 1.39. The van der Waals surface area contributed by atoms with Gasteiger partial charge < -0.3 is 0 Å². The van der Waals surface area contributed by atoms with Crippen LogP contribution in [0.1, 0.15) is 13.8 Å². The van der Waals surface area contributed by atoms with Crippen molar-refractivity contribution in [1.29, 1.82) is 0 Å². The summed E-state index contributed by atoms with van der Waals surface area (Å²) in [6.07, 6.45) is 1.72. The van der Waals surface area contributed by atoms with E-state index >= 15 is 0 Å². The van der Waals surface area contributed by atoms with Crippen LogP contribution in [0.3, 0.4) is 0 Å². The molecule has 0 aromatic rings. The minimum absolute atomic E-state index is 0. The molecule has 0 radical (unpaired) electrons. The zero-order chi connectivity index (χ0) is 6.99. The smallest absolute Gasteiger partial charge is 0.00244 e. The fourth-order valence-electron chi connectivity index (χ4n) is 0. The van der Waals surface area contributed by atoms with Crippen molar-refractivity contribution in [2.75, 3.05) is 0 Å². The van der Waals surface area contributed by atoms with Crippen molar-refractivity contribution in [3.8, 4) is 0 Å². The molecule has 0 nitrogen and oxygen atoms in total. The van der Waals surface area contributed by atoms with Crippen LogP contribution in [0.15, 0.2) is 24.8 Å². The summed E-state index contributed by atoms with van der Waals surface area (Å²) in [5.74, 6) is 0. The van der Waals surface area contributed by atoms with Crippen molar-refractivity contribution in [3.05, 3.63) is 24.8 Å². The first-order valence-electron chi connectivity index (χ1n) is 2.96. The van der Waals surface area contributed by atoms with Crippen molar-refractivity contribution >= 4 is 10.2 Å². The van der Waals surface area contributed by atoms with Crippen LogP contribution in [0.25, 0.3) is 0 Å². The largest absolute Gasteiger partial charge is 0.0988 e. The molecule has 0 bridgehead atoms. The summed E-state index contributed by atoms with van der Waals surface area (Å²) in [7, 11) is 1.37. The first-order valence-corrected chi connectivity index (χ1v) is 4.38. The summed E-state index contributed by atoms with van der Waals surface area (Å²) in [4.78, 5) is 0. The minimum atomic E-state index is 0. The Bertz CT molecular complexity index is 69.3. The Hall–Kier alpha value is 0.411. The van der Waals surface area contributed by atoms with Crippen LogP contribution in [-0.2, 0) is 21.7 Å². The second-order valence-corrected chi connectivity index (χ2v) is 3.17. The van der Waals surface area contributed by atoms with Gasteiger partial charge in [0.1, 0.15) is 0 Å². The average molecular weight is 176 g/mol. The van der Waals surface area contributed by atoms with E-state index < -0.39 is 0 Å². The molecule has 0 aliphatic rings. The third-order valence-corrected chi connectivity index (χ3v) is 0.348. The second-order valence-electron chi connectivity index (χ2n) is 1.76. The molecular formula is C7H16SiTi. The first kappa shape index (κ1) is 16.2. The molecule has 0 aromatic carbocycles. The fraction of sp³-hybridized carbons (Fsp3) is 0.429. The van der Waals surface area contributed by atoms with E-state index in [9.17, 15) is 0 Å². The third kappa shape index (κ3) is 59.5. The zero-order valence-corrected chi connectivity index (χ0v) is 10.3. The molecule has 0 heterocycles. The number of rotatable bonds is 1. The van der Waals surface area contributed by atoms with Crippen LogP contribution in [0.5, 0.6) is 0 Å². The van der Waals surface area contributed by atoms with Gasteiger partial charge in [-0.3, -0.25) is 0 Å². The van der Waals surface area contributed by atoms with Gasteiger partial charge in [-0.05, 0) is 6.92 Å². The van der Waals surface area contributed by atoms with Crippen molar-refractivity contribution in [1.82, 2.24) is 0 Å². The van der Waals surface area contributed by atoms with E-state index in [0.717, 1.165) is 5.57 Å². The maximum absolute atomic E-state index is 3.56. The van der Waals surface area contributed by atoms with Gasteiger partial charge in [-0.25, -0.2) is 0 Å². The van der Waals surface area contributed by atoms with E-state index in [0.29, 0.717) is 0 Å². The summed E-state index contributed by atoms with van der Waals surface area (Å²) >= 11 is 0. The average Bonchev–Trinajstić information content (AvgIpc) is 1.69. The van der Waals surface area contributed by atoms with E-state index in [4.69, 9.17) is 0 Å². The minimum Gasteiger partial charge on any atom is -0.0988 e. The Labute approximate surface area is 76.7 Å². The molecule has 0 aliphatic heterocycles. The molecule has 0 fully saturated rings. The Balaban J connectivity index is -0.0000000800. The molecule has 2 heteroatoms. The molecule has 0 aromatic heterocycles. The molecule has 9 heavy (non-hydrogen) atoms. The van der Waals surface area contributed by atoms with E-state index in [1.54, 1.807) is 6.08 Å². The molecule has 0 saturated carbocycles. The Kier molecular flexibility index (Phi) is 28.4. The van der Waals surface area contributed by atoms with Crippen molar-refractivity contribution in [3.63, 3.8) is 0 Å². The van der Waals surface area contributed by atoms with Crippen LogP contribution < -0.4 is 0 Å². The maximum Gasteiger partial charge on any atom is 0.00244 e. The van der Waals surface area contributed by atoms with E-state index in [1.807, 2.05) is 6.92 Å². The maximum atomic E-state index is 3.56. The predicted octanol–water partition coefficient (Wildman–Crippen LogP) is 1.54. The van der Waals surface area contributed by atoms with E-state index in [2.05, 4.69) is 20.1 Å². The molecule has 0 amide bonds. The van der Waals surface area contributed by atoms with Crippen LogP contribution in [0, 0.1) is 0 Å². The first-order chi connectivity index (χ1) is 3.68. The Morgan fingerprint density at radius 3 is 1.78 bits per heavy atom. The molecule has 52 valence electrons. The summed E-state index contributed by atoms with van der Waals surface area (Å²) in [5.41, 5.74) is 1.02. The van der Waals surface area contributed by atoms with Crippen LogP contribution >= 0.6 is 0 Å². The van der Waals surface area contributed by atoms with Gasteiger partial charge in [-0.1, -0.05) is 37.8 Å². The SMILES string of the molecule is C=CC(=C)C.CC[SiH3].[Ti]. The Morgan fingerprint density at radius 1 is 1.67 bits per heavy atom. The monoisotopic (exact) mass is 176 g/mol. The van der Waals surface area contributed by atoms with Crippen molar-refractivity contribution in [2.45, 2.75) is 19.9 Å². The molecule has 0 N–H and O–H groups in total. The number of hydrogen-bond acceptors (Lipinski definition) is 0. The van der Waals surface area contributed by atoms with Crippen molar-refractivity contribution in [2.24, 2.45) is 0 Å². The number of allylic oxidation sites excluding steroid dienone is 2. The molecule has 0 atom stereocenters. The topological polar surface area (TPSA) is 0 Å². The molecule has 0 unspecified atom stereocenters. The van der Waals surface area contributed by atoms with Gasteiger partial charge in [-0.15, -0.1) is 0 Å². The molecule has 0 rings (SSSR count). The van der Waals surface area contributed by atoms with Crippen LogP contribution in [0.4, 0.5) is 0 Å². The molecule has 0 aliphatic carbocycles. The van der Waals surface area contributed by atoms with E-state index in [1.165, 1.54) is 16.3 Å². The predicted molar refractivity (Wildman–Crippen MR) is 45.4 cm³/mol. The van der Waals surface area contributed by atoms with Gasteiger partial charge >= 0.3 is 0 Å². The van der Waals surface area contributed by atoms with E-state index in [-0.39, 0.29) is 21.7 Å². The molecular weight excluding hydrogens is 160 g/mol. The Morgan fingerprint density at radius 2 is 1.78 bits per heavy atom. The van der Waals surface area contributed by atoms with Gasteiger partial charge in [0.25, 0.3) is 0 Å². The second kappa shape index (κ2) is 15.8. The van der Waals surface area contributed by atoms with Gasteiger partial charge in [-0.2, -0.15) is 0 Å². The van der Waals surface area contributed by atoms with Crippen LogP contribution in [0.2, 0.25) is 6.04 Å². The van der Waals surface area contributed by atoms with Gasteiger partial charge in [0.05, 0.1) is 0 Å². The van der Waals surface area contributed by atoms with Gasteiger partial charge in [0.2, 0.25) is 0 Å². The standard InChI is InChI=1S/C5H8.C2H8Si.Ti/c1-4-5(2)3;1-2-3;/h4H,1-2H2,3H3;2H2,1,3H3;. The summed E-state index contributed by atoms with van der Waals surface area (Å²) in [5, 5.41) is 0. The summed E-state index contributed by atoms with van der Waals surface area (Å²) < 4.78 is 0.